The van der Waals surface area contributed by atoms with Gasteiger partial charge in [-0.2, -0.15) is 0 Å². The van der Waals surface area contributed by atoms with Crippen LogP contribution in [0.3, 0.4) is 0 Å². The Bertz CT molecular complexity index is 686. The number of amides is 2. The van der Waals surface area contributed by atoms with Crippen molar-refractivity contribution in [3.8, 4) is 0 Å². The molecular formula is C19H25N3O2S. The Morgan fingerprint density at radius 2 is 1.96 bits per heavy atom. The van der Waals surface area contributed by atoms with Crippen LogP contribution in [0.4, 0.5) is 5.69 Å². The number of carbonyl (C=O) groups is 2. The average Bonchev–Trinajstić information content (AvgIpc) is 3.13. The van der Waals surface area contributed by atoms with E-state index in [2.05, 4.69) is 47.6 Å². The number of nitrogens with one attached hydrogen (secondary N) is 2. The maximum atomic E-state index is 11.9. The molecule has 0 unspecified atom stereocenters. The number of anilines is 1. The number of carbonyl (C=O) groups excluding carboxylic acids is 2. The molecule has 0 aliphatic heterocycles. The molecule has 2 aromatic rings. The van der Waals surface area contributed by atoms with E-state index in [9.17, 15) is 9.59 Å². The van der Waals surface area contributed by atoms with E-state index in [1.807, 2.05) is 17.5 Å². The molecule has 1 heterocycles. The van der Waals surface area contributed by atoms with Gasteiger partial charge in [0.05, 0.1) is 4.88 Å². The Kier molecular flexibility index (Phi) is 7.47. The van der Waals surface area contributed by atoms with Crippen molar-refractivity contribution >= 4 is 28.8 Å². The quantitative estimate of drug-likeness (QED) is 0.724. The summed E-state index contributed by atoms with van der Waals surface area (Å²) in [7, 11) is 0. The molecule has 0 radical (unpaired) electrons. The SMILES string of the molecule is CCN(CCNC(=O)CCNC(=O)c1cccs1)c1cccc(C)c1. The van der Waals surface area contributed by atoms with Crippen LogP contribution in [0.1, 0.15) is 28.6 Å². The Labute approximate surface area is 153 Å². The highest BCUT2D eigenvalue weighted by atomic mass is 32.1. The van der Waals surface area contributed by atoms with Crippen LogP contribution < -0.4 is 15.5 Å². The van der Waals surface area contributed by atoms with Gasteiger partial charge >= 0.3 is 0 Å². The number of benzene rings is 1. The van der Waals surface area contributed by atoms with Crippen LogP contribution in [0.2, 0.25) is 0 Å². The Morgan fingerprint density at radius 3 is 2.64 bits per heavy atom. The zero-order valence-corrected chi connectivity index (χ0v) is 15.6. The van der Waals surface area contributed by atoms with Crippen LogP contribution >= 0.6 is 11.3 Å². The standard InChI is InChI=1S/C19H25N3O2S/c1-3-22(16-7-4-6-15(2)14-16)12-11-20-18(23)9-10-21-19(24)17-8-5-13-25-17/h4-8,13-14H,3,9-12H2,1-2H3,(H,20,23)(H,21,24). The van der Waals surface area contributed by atoms with Gasteiger partial charge in [-0.25, -0.2) is 0 Å². The highest BCUT2D eigenvalue weighted by Crippen LogP contribution is 2.14. The molecule has 134 valence electrons. The zero-order valence-electron chi connectivity index (χ0n) is 14.7. The molecule has 0 spiro atoms. The first-order chi connectivity index (χ1) is 12.1. The largest absolute Gasteiger partial charge is 0.370 e. The van der Waals surface area contributed by atoms with Crippen LogP contribution in [0.25, 0.3) is 0 Å². The molecule has 0 aliphatic rings. The number of rotatable bonds is 9. The van der Waals surface area contributed by atoms with E-state index in [0.29, 0.717) is 18.0 Å². The molecule has 0 aliphatic carbocycles. The first-order valence-corrected chi connectivity index (χ1v) is 9.38. The minimum absolute atomic E-state index is 0.0493. The molecule has 2 rings (SSSR count). The summed E-state index contributed by atoms with van der Waals surface area (Å²) in [5, 5.41) is 7.53. The molecule has 0 fully saturated rings. The molecule has 5 nitrogen and oxygen atoms in total. The van der Waals surface area contributed by atoms with Gasteiger partial charge in [-0.1, -0.05) is 18.2 Å². The normalized spacial score (nSPS) is 10.3. The number of hydrogen-bond donors (Lipinski definition) is 2. The molecule has 0 bridgehead atoms. The lowest BCUT2D eigenvalue weighted by Gasteiger charge is -2.23. The van der Waals surface area contributed by atoms with E-state index in [4.69, 9.17) is 0 Å². The fourth-order valence-electron chi connectivity index (χ4n) is 2.50. The van der Waals surface area contributed by atoms with Gasteiger partial charge in [0.1, 0.15) is 0 Å². The lowest BCUT2D eigenvalue weighted by molar-refractivity contribution is -0.120. The van der Waals surface area contributed by atoms with Gasteiger partial charge in [-0.15, -0.1) is 11.3 Å². The molecule has 0 atom stereocenters. The van der Waals surface area contributed by atoms with E-state index >= 15 is 0 Å². The lowest BCUT2D eigenvalue weighted by Crippen LogP contribution is -2.36. The van der Waals surface area contributed by atoms with E-state index < -0.39 is 0 Å². The van der Waals surface area contributed by atoms with E-state index in [0.717, 1.165) is 13.1 Å². The third-order valence-electron chi connectivity index (χ3n) is 3.84. The van der Waals surface area contributed by atoms with Gasteiger partial charge in [0.25, 0.3) is 5.91 Å². The highest BCUT2D eigenvalue weighted by Gasteiger charge is 2.08. The maximum absolute atomic E-state index is 11.9. The molecule has 0 saturated carbocycles. The van der Waals surface area contributed by atoms with Crippen molar-refractivity contribution in [3.05, 3.63) is 52.2 Å². The van der Waals surface area contributed by atoms with E-state index in [-0.39, 0.29) is 18.2 Å². The molecule has 0 saturated heterocycles. The average molecular weight is 359 g/mol. The van der Waals surface area contributed by atoms with Gasteiger partial charge in [-0.05, 0) is 43.0 Å². The van der Waals surface area contributed by atoms with Gasteiger partial charge < -0.3 is 15.5 Å². The van der Waals surface area contributed by atoms with Crippen LogP contribution in [0.5, 0.6) is 0 Å². The number of nitrogens with zero attached hydrogens (tertiary/aromatic N) is 1. The fourth-order valence-corrected chi connectivity index (χ4v) is 3.14. The minimum Gasteiger partial charge on any atom is -0.370 e. The predicted molar refractivity (Wildman–Crippen MR) is 103 cm³/mol. The van der Waals surface area contributed by atoms with Gasteiger partial charge in [-0.3, -0.25) is 9.59 Å². The summed E-state index contributed by atoms with van der Waals surface area (Å²) in [5.41, 5.74) is 2.39. The first-order valence-electron chi connectivity index (χ1n) is 8.50. The second-order valence-corrected chi connectivity index (χ2v) is 6.70. The third kappa shape index (κ3) is 6.23. The second-order valence-electron chi connectivity index (χ2n) is 5.75. The number of hydrogen-bond acceptors (Lipinski definition) is 4. The smallest absolute Gasteiger partial charge is 0.261 e. The van der Waals surface area contributed by atoms with Crippen molar-refractivity contribution < 1.29 is 9.59 Å². The summed E-state index contributed by atoms with van der Waals surface area (Å²) in [6.45, 7) is 6.74. The van der Waals surface area contributed by atoms with Gasteiger partial charge in [0.15, 0.2) is 0 Å². The third-order valence-corrected chi connectivity index (χ3v) is 4.70. The van der Waals surface area contributed by atoms with Crippen molar-refractivity contribution in [3.63, 3.8) is 0 Å². The fraction of sp³-hybridized carbons (Fsp3) is 0.368. The monoisotopic (exact) mass is 359 g/mol. The van der Waals surface area contributed by atoms with Gasteiger partial charge in [0, 0.05) is 38.3 Å². The van der Waals surface area contributed by atoms with Crippen molar-refractivity contribution in [2.45, 2.75) is 20.3 Å². The van der Waals surface area contributed by atoms with Crippen molar-refractivity contribution in [2.24, 2.45) is 0 Å². The minimum atomic E-state index is -0.126. The van der Waals surface area contributed by atoms with E-state index in [1.54, 1.807) is 6.07 Å². The molecular weight excluding hydrogens is 334 g/mol. The molecule has 25 heavy (non-hydrogen) atoms. The Hall–Kier alpha value is -2.34. The zero-order chi connectivity index (χ0) is 18.1. The van der Waals surface area contributed by atoms with E-state index in [1.165, 1.54) is 22.6 Å². The predicted octanol–water partition coefficient (Wildman–Crippen LogP) is 2.82. The maximum Gasteiger partial charge on any atom is 0.261 e. The van der Waals surface area contributed by atoms with Crippen LogP contribution in [0, 0.1) is 6.92 Å². The Morgan fingerprint density at radius 1 is 1.12 bits per heavy atom. The first kappa shape index (κ1) is 19.0. The molecule has 6 heteroatoms. The molecule has 1 aromatic heterocycles. The van der Waals surface area contributed by atoms with Crippen molar-refractivity contribution in [1.29, 1.82) is 0 Å². The summed E-state index contributed by atoms with van der Waals surface area (Å²) >= 11 is 1.39. The molecule has 2 N–H and O–H groups in total. The highest BCUT2D eigenvalue weighted by molar-refractivity contribution is 7.12. The summed E-state index contributed by atoms with van der Waals surface area (Å²) in [6, 6.07) is 11.9. The van der Waals surface area contributed by atoms with Crippen LogP contribution in [-0.4, -0.2) is 38.0 Å². The summed E-state index contributed by atoms with van der Waals surface area (Å²) in [4.78, 5) is 26.6. The number of likely N-dealkylation sites (N-methyl/N-ethyl adjacent to an activating group) is 1. The molecule has 2 amide bonds. The summed E-state index contributed by atoms with van der Waals surface area (Å²) in [6.07, 6.45) is 0.285. The van der Waals surface area contributed by atoms with Crippen molar-refractivity contribution in [2.75, 3.05) is 31.1 Å². The molecule has 1 aromatic carbocycles. The lowest BCUT2D eigenvalue weighted by atomic mass is 10.2. The topological polar surface area (TPSA) is 61.4 Å². The summed E-state index contributed by atoms with van der Waals surface area (Å²) in [5.74, 6) is -0.175. The number of aryl methyl sites for hydroxylation is 1. The van der Waals surface area contributed by atoms with Crippen molar-refractivity contribution in [1.82, 2.24) is 10.6 Å². The van der Waals surface area contributed by atoms with Gasteiger partial charge in [0.2, 0.25) is 5.91 Å². The summed E-state index contributed by atoms with van der Waals surface area (Å²) < 4.78 is 0. The number of thiophene rings is 1. The van der Waals surface area contributed by atoms with Crippen LogP contribution in [0.15, 0.2) is 41.8 Å². The Balaban J connectivity index is 1.66. The van der Waals surface area contributed by atoms with Crippen LogP contribution in [-0.2, 0) is 4.79 Å². The second kappa shape index (κ2) is 9.84.